The quantitative estimate of drug-likeness (QED) is 0.790. The summed E-state index contributed by atoms with van der Waals surface area (Å²) < 4.78 is 23.5. The molecular formula is C17H16N2O2S. The normalized spacial score (nSPS) is 11.8. The number of aromatic nitrogens is 1. The number of nitrogens with two attached hydrogens (primary N) is 1. The summed E-state index contributed by atoms with van der Waals surface area (Å²) in [5, 5.41) is 6.32. The minimum atomic E-state index is -3.74. The van der Waals surface area contributed by atoms with Gasteiger partial charge in [-0.3, -0.25) is 4.98 Å². The summed E-state index contributed by atoms with van der Waals surface area (Å²) in [7, 11) is -3.74. The molecule has 4 nitrogen and oxygen atoms in total. The highest BCUT2D eigenvalue weighted by Gasteiger charge is 2.15. The first kappa shape index (κ1) is 14.7. The molecular weight excluding hydrogens is 296 g/mol. The highest BCUT2D eigenvalue weighted by molar-refractivity contribution is 7.89. The van der Waals surface area contributed by atoms with Crippen molar-refractivity contribution in [3.8, 4) is 11.1 Å². The third-order valence-corrected chi connectivity index (χ3v) is 4.80. The lowest BCUT2D eigenvalue weighted by molar-refractivity contribution is 0.597. The first-order valence-electron chi connectivity index (χ1n) is 6.85. The molecule has 1 aromatic heterocycles. The lowest BCUT2D eigenvalue weighted by Crippen LogP contribution is -2.14. The molecule has 2 aromatic carbocycles. The summed E-state index contributed by atoms with van der Waals surface area (Å²) in [4.78, 5) is 4.46. The minimum absolute atomic E-state index is 0.166. The number of hydrogen-bond acceptors (Lipinski definition) is 3. The molecule has 112 valence electrons. The van der Waals surface area contributed by atoms with Crippen molar-refractivity contribution < 1.29 is 8.42 Å². The summed E-state index contributed by atoms with van der Waals surface area (Å²) in [6, 6.07) is 13.2. The number of pyridine rings is 1. The summed E-state index contributed by atoms with van der Waals surface area (Å²) in [6.45, 7) is 3.71. The Balaban J connectivity index is 2.25. The number of benzene rings is 2. The number of fused-ring (bicyclic) bond motifs is 1. The molecule has 0 aliphatic carbocycles. The average molecular weight is 312 g/mol. The number of nitrogens with zero attached hydrogens (tertiary/aromatic N) is 1. The summed E-state index contributed by atoms with van der Waals surface area (Å²) in [5.41, 5.74) is 4.38. The smallest absolute Gasteiger partial charge is 0.238 e. The van der Waals surface area contributed by atoms with Crippen LogP contribution in [0.4, 0.5) is 0 Å². The van der Waals surface area contributed by atoms with Gasteiger partial charge in [-0.05, 0) is 60.4 Å². The molecule has 0 saturated carbocycles. The van der Waals surface area contributed by atoms with Gasteiger partial charge in [0.25, 0.3) is 0 Å². The van der Waals surface area contributed by atoms with Gasteiger partial charge in [0.15, 0.2) is 0 Å². The molecule has 2 N–H and O–H groups in total. The maximum atomic E-state index is 11.7. The Morgan fingerprint density at radius 1 is 1.00 bits per heavy atom. The van der Waals surface area contributed by atoms with Crippen LogP contribution in [-0.4, -0.2) is 13.4 Å². The molecule has 0 atom stereocenters. The molecule has 0 bridgehead atoms. The van der Waals surface area contributed by atoms with Crippen molar-refractivity contribution in [2.75, 3.05) is 0 Å². The first-order chi connectivity index (χ1) is 10.4. The summed E-state index contributed by atoms with van der Waals surface area (Å²) in [6.07, 6.45) is 1.75. The fourth-order valence-electron chi connectivity index (χ4n) is 2.69. The van der Waals surface area contributed by atoms with Gasteiger partial charge in [-0.1, -0.05) is 18.2 Å². The Hall–Kier alpha value is -2.24. The van der Waals surface area contributed by atoms with E-state index in [1.165, 1.54) is 0 Å². The van der Waals surface area contributed by atoms with Crippen LogP contribution in [0, 0.1) is 13.8 Å². The summed E-state index contributed by atoms with van der Waals surface area (Å²) in [5.74, 6) is 0. The Labute approximate surface area is 129 Å². The third-order valence-electron chi connectivity index (χ3n) is 3.74. The van der Waals surface area contributed by atoms with Crippen LogP contribution in [0.15, 0.2) is 53.6 Å². The van der Waals surface area contributed by atoms with Crippen LogP contribution in [-0.2, 0) is 10.0 Å². The molecule has 0 amide bonds. The third kappa shape index (κ3) is 2.61. The Morgan fingerprint density at radius 3 is 2.50 bits per heavy atom. The number of rotatable bonds is 2. The van der Waals surface area contributed by atoms with Gasteiger partial charge < -0.3 is 0 Å². The number of primary sulfonamides is 1. The van der Waals surface area contributed by atoms with Crippen LogP contribution in [0.3, 0.4) is 0 Å². The van der Waals surface area contributed by atoms with E-state index in [4.69, 9.17) is 5.14 Å². The molecule has 0 unspecified atom stereocenters. The van der Waals surface area contributed by atoms with Crippen molar-refractivity contribution in [1.82, 2.24) is 4.98 Å². The standard InChI is InChI=1S/C17H16N2O2S/c1-11-8-12(2)17(22(18,20)21)10-15(11)13-5-6-16-14(9-13)4-3-7-19-16/h3-10H,1-2H3,(H2,18,20,21). The highest BCUT2D eigenvalue weighted by atomic mass is 32.2. The van der Waals surface area contributed by atoms with Crippen molar-refractivity contribution in [2.24, 2.45) is 5.14 Å². The van der Waals surface area contributed by atoms with Gasteiger partial charge in [0, 0.05) is 11.6 Å². The molecule has 0 saturated heterocycles. The van der Waals surface area contributed by atoms with Crippen molar-refractivity contribution in [1.29, 1.82) is 0 Å². The molecule has 3 rings (SSSR count). The Bertz CT molecular complexity index is 979. The van der Waals surface area contributed by atoms with E-state index >= 15 is 0 Å². The van der Waals surface area contributed by atoms with Crippen molar-refractivity contribution >= 4 is 20.9 Å². The van der Waals surface area contributed by atoms with Gasteiger partial charge in [-0.15, -0.1) is 0 Å². The van der Waals surface area contributed by atoms with Crippen molar-refractivity contribution in [3.63, 3.8) is 0 Å². The topological polar surface area (TPSA) is 73.1 Å². The average Bonchev–Trinajstić information content (AvgIpc) is 2.45. The predicted octanol–water partition coefficient (Wildman–Crippen LogP) is 3.17. The van der Waals surface area contributed by atoms with Gasteiger partial charge in [0.1, 0.15) is 0 Å². The zero-order valence-corrected chi connectivity index (χ0v) is 13.2. The maximum absolute atomic E-state index is 11.7. The monoisotopic (exact) mass is 312 g/mol. The molecule has 0 aliphatic heterocycles. The molecule has 0 spiro atoms. The zero-order chi connectivity index (χ0) is 15.9. The SMILES string of the molecule is Cc1cc(C)c(S(N)(=O)=O)cc1-c1ccc2ncccc2c1. The van der Waals surface area contributed by atoms with Gasteiger partial charge >= 0.3 is 0 Å². The molecule has 5 heteroatoms. The van der Waals surface area contributed by atoms with E-state index in [1.807, 2.05) is 43.3 Å². The largest absolute Gasteiger partial charge is 0.256 e. The van der Waals surface area contributed by atoms with E-state index in [0.29, 0.717) is 5.56 Å². The molecule has 3 aromatic rings. The first-order valence-corrected chi connectivity index (χ1v) is 8.40. The van der Waals surface area contributed by atoms with Gasteiger partial charge in [0.2, 0.25) is 10.0 Å². The number of hydrogen-bond donors (Lipinski definition) is 1. The van der Waals surface area contributed by atoms with E-state index in [2.05, 4.69) is 4.98 Å². The fraction of sp³-hybridized carbons (Fsp3) is 0.118. The van der Waals surface area contributed by atoms with E-state index in [1.54, 1.807) is 19.2 Å². The lowest BCUT2D eigenvalue weighted by Gasteiger charge is -2.12. The van der Waals surface area contributed by atoms with Gasteiger partial charge in [0.05, 0.1) is 10.4 Å². The molecule has 0 aliphatic rings. The predicted molar refractivity (Wildman–Crippen MR) is 88.0 cm³/mol. The second-order valence-electron chi connectivity index (χ2n) is 5.39. The Kier molecular flexibility index (Phi) is 3.47. The van der Waals surface area contributed by atoms with Crippen molar-refractivity contribution in [3.05, 3.63) is 59.8 Å². The molecule has 0 radical (unpaired) electrons. The molecule has 22 heavy (non-hydrogen) atoms. The van der Waals surface area contributed by atoms with E-state index < -0.39 is 10.0 Å². The van der Waals surface area contributed by atoms with Crippen LogP contribution in [0.5, 0.6) is 0 Å². The van der Waals surface area contributed by atoms with E-state index in [0.717, 1.165) is 27.6 Å². The number of sulfonamides is 1. The lowest BCUT2D eigenvalue weighted by atomic mass is 9.97. The number of aryl methyl sites for hydroxylation is 2. The zero-order valence-electron chi connectivity index (χ0n) is 12.4. The van der Waals surface area contributed by atoms with Crippen LogP contribution >= 0.6 is 0 Å². The maximum Gasteiger partial charge on any atom is 0.238 e. The fourth-order valence-corrected chi connectivity index (χ4v) is 3.48. The van der Waals surface area contributed by atoms with E-state index in [9.17, 15) is 8.42 Å². The molecule has 0 fully saturated rings. The minimum Gasteiger partial charge on any atom is -0.256 e. The van der Waals surface area contributed by atoms with Crippen LogP contribution < -0.4 is 5.14 Å². The van der Waals surface area contributed by atoms with Gasteiger partial charge in [-0.25, -0.2) is 13.6 Å². The second kappa shape index (κ2) is 5.19. The van der Waals surface area contributed by atoms with Gasteiger partial charge in [-0.2, -0.15) is 0 Å². The second-order valence-corrected chi connectivity index (χ2v) is 6.92. The van der Waals surface area contributed by atoms with Crippen LogP contribution in [0.1, 0.15) is 11.1 Å². The summed E-state index contributed by atoms with van der Waals surface area (Å²) >= 11 is 0. The Morgan fingerprint density at radius 2 is 1.77 bits per heavy atom. The van der Waals surface area contributed by atoms with Crippen LogP contribution in [0.25, 0.3) is 22.0 Å². The van der Waals surface area contributed by atoms with E-state index in [-0.39, 0.29) is 4.90 Å². The van der Waals surface area contributed by atoms with Crippen molar-refractivity contribution in [2.45, 2.75) is 18.7 Å². The van der Waals surface area contributed by atoms with Crippen LogP contribution in [0.2, 0.25) is 0 Å². The highest BCUT2D eigenvalue weighted by Crippen LogP contribution is 2.30. The molecule has 1 heterocycles.